The van der Waals surface area contributed by atoms with E-state index in [2.05, 4.69) is 5.10 Å². The maximum Gasteiger partial charge on any atom is 0.269 e. The number of carbonyl (C=O) groups is 1. The van der Waals surface area contributed by atoms with Crippen LogP contribution in [0.3, 0.4) is 0 Å². The van der Waals surface area contributed by atoms with Crippen molar-refractivity contribution in [2.75, 3.05) is 13.2 Å². The van der Waals surface area contributed by atoms with Crippen molar-refractivity contribution in [3.05, 3.63) is 41.6 Å². The van der Waals surface area contributed by atoms with E-state index in [9.17, 15) is 4.79 Å². The molecule has 2 N–H and O–H groups in total. The predicted octanol–water partition coefficient (Wildman–Crippen LogP) is 0.843. The van der Waals surface area contributed by atoms with Gasteiger partial charge in [0.2, 0.25) is 5.79 Å². The second kappa shape index (κ2) is 4.77. The van der Waals surface area contributed by atoms with Gasteiger partial charge in [-0.3, -0.25) is 9.48 Å². The zero-order valence-corrected chi connectivity index (χ0v) is 11.0. The van der Waals surface area contributed by atoms with Crippen molar-refractivity contribution in [1.82, 2.24) is 9.78 Å². The molecule has 0 aliphatic carbocycles. The molecule has 0 aromatic carbocycles. The lowest BCUT2D eigenvalue weighted by molar-refractivity contribution is -0.163. The second-order valence-electron chi connectivity index (χ2n) is 4.67. The first-order valence-electron chi connectivity index (χ1n) is 6.27. The molecule has 3 heterocycles. The zero-order chi connectivity index (χ0) is 14.2. The van der Waals surface area contributed by atoms with Crippen LogP contribution in [0.2, 0.25) is 0 Å². The summed E-state index contributed by atoms with van der Waals surface area (Å²) in [5.74, 6) is -0.0586. The average molecular weight is 277 g/mol. The summed E-state index contributed by atoms with van der Waals surface area (Å²) in [7, 11) is 0. The fraction of sp³-hybridized carbons (Fsp3) is 0.385. The van der Waals surface area contributed by atoms with E-state index in [0.717, 1.165) is 0 Å². The average Bonchev–Trinajstić information content (AvgIpc) is 3.10. The highest BCUT2D eigenvalue weighted by molar-refractivity contribution is 5.90. The summed E-state index contributed by atoms with van der Waals surface area (Å²) in [5.41, 5.74) is 5.38. The summed E-state index contributed by atoms with van der Waals surface area (Å²) in [6.45, 7) is 3.33. The van der Waals surface area contributed by atoms with Crippen LogP contribution in [0.4, 0.5) is 0 Å². The van der Waals surface area contributed by atoms with Crippen LogP contribution >= 0.6 is 0 Å². The monoisotopic (exact) mass is 277 g/mol. The van der Waals surface area contributed by atoms with E-state index in [-0.39, 0.29) is 5.69 Å². The molecule has 1 fully saturated rings. The Kier molecular flexibility index (Phi) is 3.07. The van der Waals surface area contributed by atoms with E-state index in [1.807, 2.05) is 19.1 Å². The number of nitrogens with zero attached hydrogens (tertiary/aromatic N) is 2. The van der Waals surface area contributed by atoms with Gasteiger partial charge in [-0.05, 0) is 25.1 Å². The van der Waals surface area contributed by atoms with Crippen molar-refractivity contribution in [1.29, 1.82) is 0 Å². The first-order valence-corrected chi connectivity index (χ1v) is 6.27. The van der Waals surface area contributed by atoms with Gasteiger partial charge in [0.05, 0.1) is 19.8 Å². The van der Waals surface area contributed by atoms with Crippen molar-refractivity contribution in [2.45, 2.75) is 19.3 Å². The van der Waals surface area contributed by atoms with Crippen molar-refractivity contribution in [2.24, 2.45) is 5.73 Å². The van der Waals surface area contributed by atoms with Crippen LogP contribution in [-0.2, 0) is 21.8 Å². The maximum atomic E-state index is 11.0. The number of ether oxygens (including phenoxy) is 2. The Morgan fingerprint density at radius 2 is 2.15 bits per heavy atom. The van der Waals surface area contributed by atoms with Crippen LogP contribution in [0.15, 0.2) is 28.8 Å². The number of aromatic nitrogens is 2. The molecule has 0 unspecified atom stereocenters. The van der Waals surface area contributed by atoms with Crippen LogP contribution in [-0.4, -0.2) is 28.9 Å². The highest BCUT2D eigenvalue weighted by atomic mass is 16.7. The Balaban J connectivity index is 1.75. The largest absolute Gasteiger partial charge is 0.458 e. The fourth-order valence-electron chi connectivity index (χ4n) is 2.10. The number of hydrogen-bond acceptors (Lipinski definition) is 5. The van der Waals surface area contributed by atoms with E-state index >= 15 is 0 Å². The number of furan rings is 1. The molecule has 0 radical (unpaired) electrons. The lowest BCUT2D eigenvalue weighted by Crippen LogP contribution is -2.21. The molecule has 20 heavy (non-hydrogen) atoms. The molecule has 7 nitrogen and oxygen atoms in total. The Labute approximate surface area is 115 Å². The first kappa shape index (κ1) is 12.9. The number of amides is 1. The van der Waals surface area contributed by atoms with Crippen LogP contribution in [0.25, 0.3) is 0 Å². The minimum Gasteiger partial charge on any atom is -0.458 e. The molecule has 3 rings (SSSR count). The molecular weight excluding hydrogens is 262 g/mol. The molecule has 0 spiro atoms. The molecule has 1 amide bonds. The first-order chi connectivity index (χ1) is 9.57. The fourth-order valence-corrected chi connectivity index (χ4v) is 2.10. The van der Waals surface area contributed by atoms with Crippen molar-refractivity contribution in [3.63, 3.8) is 0 Å². The Morgan fingerprint density at radius 1 is 1.40 bits per heavy atom. The normalized spacial score (nSPS) is 17.4. The van der Waals surface area contributed by atoms with Crippen LogP contribution in [0.1, 0.15) is 28.9 Å². The minimum atomic E-state index is -0.819. The number of nitrogens with two attached hydrogens (primary N) is 1. The van der Waals surface area contributed by atoms with Gasteiger partial charge in [-0.2, -0.15) is 5.10 Å². The summed E-state index contributed by atoms with van der Waals surface area (Å²) in [5, 5.41) is 4.05. The molecule has 2 aromatic heterocycles. The Bertz CT molecular complexity index is 625. The third-order valence-electron chi connectivity index (χ3n) is 3.16. The highest BCUT2D eigenvalue weighted by Crippen LogP contribution is 2.32. The number of hydrogen-bond donors (Lipinski definition) is 1. The standard InChI is InChI=1S/C13H15N3O4/c1-13(18-6-7-19-13)11-3-2-9(20-11)8-16-5-4-10(15-16)12(14)17/h2-5H,6-8H2,1H3,(H2,14,17). The third-order valence-corrected chi connectivity index (χ3v) is 3.16. The molecular formula is C13H15N3O4. The molecule has 0 saturated carbocycles. The third kappa shape index (κ3) is 2.33. The second-order valence-corrected chi connectivity index (χ2v) is 4.67. The summed E-state index contributed by atoms with van der Waals surface area (Å²) in [6, 6.07) is 5.22. The summed E-state index contributed by atoms with van der Waals surface area (Å²) >= 11 is 0. The molecule has 1 saturated heterocycles. The SMILES string of the molecule is CC1(c2ccc(Cn3ccc(C(N)=O)n3)o2)OCCO1. The Hall–Kier alpha value is -2.12. The van der Waals surface area contributed by atoms with E-state index in [4.69, 9.17) is 19.6 Å². The van der Waals surface area contributed by atoms with Gasteiger partial charge in [-0.1, -0.05) is 0 Å². The zero-order valence-electron chi connectivity index (χ0n) is 11.0. The predicted molar refractivity (Wildman–Crippen MR) is 67.8 cm³/mol. The van der Waals surface area contributed by atoms with Gasteiger partial charge < -0.3 is 19.6 Å². The Morgan fingerprint density at radius 3 is 2.80 bits per heavy atom. The molecule has 2 aromatic rings. The molecule has 106 valence electrons. The van der Waals surface area contributed by atoms with Crippen LogP contribution in [0.5, 0.6) is 0 Å². The van der Waals surface area contributed by atoms with Gasteiger partial charge in [0, 0.05) is 6.20 Å². The topological polar surface area (TPSA) is 92.5 Å². The van der Waals surface area contributed by atoms with E-state index in [1.165, 1.54) is 0 Å². The smallest absolute Gasteiger partial charge is 0.269 e. The number of primary amides is 1. The van der Waals surface area contributed by atoms with Crippen molar-refractivity contribution < 1.29 is 18.7 Å². The minimum absolute atomic E-state index is 0.228. The van der Waals surface area contributed by atoms with Crippen molar-refractivity contribution >= 4 is 5.91 Å². The number of rotatable bonds is 4. The van der Waals surface area contributed by atoms with E-state index in [1.54, 1.807) is 16.9 Å². The molecule has 1 aliphatic heterocycles. The lowest BCUT2D eigenvalue weighted by Gasteiger charge is -2.18. The summed E-state index contributed by atoms with van der Waals surface area (Å²) in [4.78, 5) is 11.0. The van der Waals surface area contributed by atoms with Gasteiger partial charge in [-0.15, -0.1) is 0 Å². The van der Waals surface area contributed by atoms with Gasteiger partial charge in [0.15, 0.2) is 5.76 Å². The van der Waals surface area contributed by atoms with E-state index in [0.29, 0.717) is 31.3 Å². The molecule has 7 heteroatoms. The maximum absolute atomic E-state index is 11.0. The lowest BCUT2D eigenvalue weighted by atomic mass is 10.2. The van der Waals surface area contributed by atoms with Crippen LogP contribution < -0.4 is 5.73 Å². The quantitative estimate of drug-likeness (QED) is 0.894. The van der Waals surface area contributed by atoms with E-state index < -0.39 is 11.7 Å². The molecule has 0 atom stereocenters. The van der Waals surface area contributed by atoms with Gasteiger partial charge in [-0.25, -0.2) is 0 Å². The molecule has 0 bridgehead atoms. The summed E-state index contributed by atoms with van der Waals surface area (Å²) in [6.07, 6.45) is 1.67. The molecule has 1 aliphatic rings. The van der Waals surface area contributed by atoms with Crippen LogP contribution in [0, 0.1) is 0 Å². The highest BCUT2D eigenvalue weighted by Gasteiger charge is 2.36. The van der Waals surface area contributed by atoms with Crippen molar-refractivity contribution in [3.8, 4) is 0 Å². The van der Waals surface area contributed by atoms with Gasteiger partial charge >= 0.3 is 0 Å². The van der Waals surface area contributed by atoms with Gasteiger partial charge in [0.25, 0.3) is 5.91 Å². The van der Waals surface area contributed by atoms with Gasteiger partial charge in [0.1, 0.15) is 11.5 Å². The number of carbonyl (C=O) groups excluding carboxylic acids is 1. The summed E-state index contributed by atoms with van der Waals surface area (Å²) < 4.78 is 18.4.